The lowest BCUT2D eigenvalue weighted by atomic mass is 9.96. The predicted molar refractivity (Wildman–Crippen MR) is 87.8 cm³/mol. The number of rotatable bonds is 4. The summed E-state index contributed by atoms with van der Waals surface area (Å²) in [5.41, 5.74) is -0.398. The number of ether oxygens (including phenoxy) is 1. The first-order valence-electron chi connectivity index (χ1n) is 9.14. The summed E-state index contributed by atoms with van der Waals surface area (Å²) in [6.07, 6.45) is 8.40. The predicted octanol–water partition coefficient (Wildman–Crippen LogP) is 3.70. The van der Waals surface area contributed by atoms with Gasteiger partial charge in [-0.3, -0.25) is 0 Å². The van der Waals surface area contributed by atoms with Crippen LogP contribution in [0.3, 0.4) is 0 Å². The first-order chi connectivity index (χ1) is 10.4. The molecule has 3 rings (SSSR count). The maximum atomic E-state index is 12.5. The van der Waals surface area contributed by atoms with Crippen molar-refractivity contribution < 1.29 is 9.53 Å². The first kappa shape index (κ1) is 16.1. The van der Waals surface area contributed by atoms with Gasteiger partial charge in [0.25, 0.3) is 0 Å². The average Bonchev–Trinajstić information content (AvgIpc) is 3.20. The minimum atomic E-state index is -0.398. The molecule has 0 aromatic heterocycles. The number of nitrogens with zero attached hydrogens (tertiary/aromatic N) is 1. The van der Waals surface area contributed by atoms with Crippen molar-refractivity contribution in [2.75, 3.05) is 0 Å². The highest BCUT2D eigenvalue weighted by Crippen LogP contribution is 2.39. The van der Waals surface area contributed by atoms with Crippen molar-refractivity contribution in [3.63, 3.8) is 0 Å². The Bertz CT molecular complexity index is 400. The van der Waals surface area contributed by atoms with Gasteiger partial charge in [-0.05, 0) is 71.6 Å². The van der Waals surface area contributed by atoms with Crippen LogP contribution < -0.4 is 5.32 Å². The van der Waals surface area contributed by atoms with Crippen molar-refractivity contribution in [3.05, 3.63) is 0 Å². The second kappa shape index (κ2) is 6.03. The van der Waals surface area contributed by atoms with E-state index in [0.717, 1.165) is 31.6 Å². The van der Waals surface area contributed by atoms with Crippen LogP contribution in [-0.4, -0.2) is 40.8 Å². The van der Waals surface area contributed by atoms with Gasteiger partial charge in [0.05, 0.1) is 0 Å². The van der Waals surface area contributed by atoms with E-state index in [1.807, 2.05) is 25.7 Å². The van der Waals surface area contributed by atoms with Gasteiger partial charge >= 0.3 is 6.09 Å². The van der Waals surface area contributed by atoms with Gasteiger partial charge in [-0.15, -0.1) is 0 Å². The summed E-state index contributed by atoms with van der Waals surface area (Å²) in [7, 11) is 0. The van der Waals surface area contributed by atoms with Gasteiger partial charge in [-0.25, -0.2) is 4.79 Å². The molecule has 0 spiro atoms. The molecule has 2 aliphatic heterocycles. The highest BCUT2D eigenvalue weighted by molar-refractivity contribution is 5.69. The van der Waals surface area contributed by atoms with Crippen molar-refractivity contribution in [1.82, 2.24) is 10.2 Å². The number of nitrogens with one attached hydrogen (secondary N) is 1. The van der Waals surface area contributed by atoms with E-state index in [9.17, 15) is 4.79 Å². The molecule has 0 aromatic rings. The fraction of sp³-hybridized carbons (Fsp3) is 0.944. The van der Waals surface area contributed by atoms with Crippen molar-refractivity contribution in [1.29, 1.82) is 0 Å². The van der Waals surface area contributed by atoms with Crippen LogP contribution in [0.2, 0.25) is 0 Å². The largest absolute Gasteiger partial charge is 0.444 e. The SMILES string of the molecule is CCC(NC1CC2CCC(C1)N2C(=O)OC(C)(C)C)C1CC1. The van der Waals surface area contributed by atoms with E-state index in [2.05, 4.69) is 12.2 Å². The molecule has 0 aromatic carbocycles. The number of piperidine rings is 1. The number of fused-ring (bicyclic) bond motifs is 2. The van der Waals surface area contributed by atoms with Crippen LogP contribution in [0, 0.1) is 5.92 Å². The summed E-state index contributed by atoms with van der Waals surface area (Å²) in [5, 5.41) is 3.90. The van der Waals surface area contributed by atoms with E-state index < -0.39 is 5.60 Å². The summed E-state index contributed by atoms with van der Waals surface area (Å²) in [6.45, 7) is 8.13. The normalized spacial score (nSPS) is 32.9. The lowest BCUT2D eigenvalue weighted by Gasteiger charge is -2.40. The highest BCUT2D eigenvalue weighted by Gasteiger charge is 2.45. The van der Waals surface area contributed by atoms with Crippen LogP contribution in [0.25, 0.3) is 0 Å². The highest BCUT2D eigenvalue weighted by atomic mass is 16.6. The summed E-state index contributed by atoms with van der Waals surface area (Å²) < 4.78 is 5.61. The third-order valence-electron chi connectivity index (χ3n) is 5.42. The van der Waals surface area contributed by atoms with Gasteiger partial charge in [0.1, 0.15) is 5.60 Å². The Kier molecular flexibility index (Phi) is 4.41. The molecule has 1 saturated carbocycles. The van der Waals surface area contributed by atoms with Crippen LogP contribution in [0.5, 0.6) is 0 Å². The molecule has 4 nitrogen and oxygen atoms in total. The lowest BCUT2D eigenvalue weighted by Crippen LogP contribution is -2.54. The van der Waals surface area contributed by atoms with E-state index in [0.29, 0.717) is 24.2 Å². The van der Waals surface area contributed by atoms with Gasteiger partial charge in [-0.1, -0.05) is 6.92 Å². The minimum Gasteiger partial charge on any atom is -0.444 e. The van der Waals surface area contributed by atoms with Crippen molar-refractivity contribution in [2.24, 2.45) is 5.92 Å². The summed E-state index contributed by atoms with van der Waals surface area (Å²) >= 11 is 0. The molecule has 3 atom stereocenters. The quantitative estimate of drug-likeness (QED) is 0.861. The van der Waals surface area contributed by atoms with E-state index in [1.165, 1.54) is 19.3 Å². The van der Waals surface area contributed by atoms with Gasteiger partial charge in [0.2, 0.25) is 0 Å². The van der Waals surface area contributed by atoms with Crippen LogP contribution >= 0.6 is 0 Å². The molecular formula is C18H32N2O2. The number of carbonyl (C=O) groups excluding carboxylic acids is 1. The maximum Gasteiger partial charge on any atom is 0.410 e. The van der Waals surface area contributed by atoms with Gasteiger partial charge in [0.15, 0.2) is 0 Å². The minimum absolute atomic E-state index is 0.104. The third kappa shape index (κ3) is 3.58. The molecule has 126 valence electrons. The van der Waals surface area contributed by atoms with Gasteiger partial charge in [-0.2, -0.15) is 0 Å². The summed E-state index contributed by atoms with van der Waals surface area (Å²) in [6, 6.07) is 2.03. The summed E-state index contributed by atoms with van der Waals surface area (Å²) in [4.78, 5) is 14.5. The van der Waals surface area contributed by atoms with Gasteiger partial charge < -0.3 is 15.0 Å². The van der Waals surface area contributed by atoms with Crippen LogP contribution in [0.4, 0.5) is 4.79 Å². The van der Waals surface area contributed by atoms with E-state index in [4.69, 9.17) is 4.74 Å². The molecule has 3 unspecified atom stereocenters. The Morgan fingerprint density at radius 3 is 2.23 bits per heavy atom. The van der Waals surface area contributed by atoms with Crippen molar-refractivity contribution >= 4 is 6.09 Å². The Morgan fingerprint density at radius 2 is 1.77 bits per heavy atom. The molecule has 4 heteroatoms. The fourth-order valence-electron chi connectivity index (χ4n) is 4.31. The standard InChI is InChI=1S/C18H32N2O2/c1-5-16(12-6-7-12)19-13-10-14-8-9-15(11-13)20(14)17(21)22-18(2,3)4/h12-16,19H,5-11H2,1-4H3. The Labute approximate surface area is 135 Å². The monoisotopic (exact) mass is 308 g/mol. The molecule has 22 heavy (non-hydrogen) atoms. The van der Waals surface area contributed by atoms with Crippen LogP contribution in [-0.2, 0) is 4.74 Å². The molecule has 2 saturated heterocycles. The zero-order chi connectivity index (χ0) is 15.9. The van der Waals surface area contributed by atoms with E-state index in [1.54, 1.807) is 0 Å². The first-order valence-corrected chi connectivity index (χ1v) is 9.14. The average molecular weight is 308 g/mol. The van der Waals surface area contributed by atoms with Crippen LogP contribution in [0.15, 0.2) is 0 Å². The Morgan fingerprint density at radius 1 is 1.18 bits per heavy atom. The van der Waals surface area contributed by atoms with Crippen molar-refractivity contribution in [2.45, 2.75) is 102 Å². The lowest BCUT2D eigenvalue weighted by molar-refractivity contribution is 0.00413. The number of amides is 1. The number of hydrogen-bond acceptors (Lipinski definition) is 3. The van der Waals surface area contributed by atoms with Gasteiger partial charge in [0, 0.05) is 24.2 Å². The molecule has 1 aliphatic carbocycles. The number of hydrogen-bond donors (Lipinski definition) is 1. The molecule has 2 heterocycles. The maximum absolute atomic E-state index is 12.5. The molecule has 3 aliphatic rings. The van der Waals surface area contributed by atoms with E-state index >= 15 is 0 Å². The Hall–Kier alpha value is -0.770. The number of carbonyl (C=O) groups is 1. The molecule has 2 bridgehead atoms. The molecular weight excluding hydrogens is 276 g/mol. The molecule has 1 N–H and O–H groups in total. The second-order valence-electron chi connectivity index (χ2n) is 8.46. The molecule has 1 amide bonds. The molecule has 3 fully saturated rings. The Balaban J connectivity index is 1.58. The van der Waals surface area contributed by atoms with E-state index in [-0.39, 0.29) is 6.09 Å². The van der Waals surface area contributed by atoms with Crippen molar-refractivity contribution in [3.8, 4) is 0 Å². The third-order valence-corrected chi connectivity index (χ3v) is 5.42. The molecule has 0 radical (unpaired) electrons. The smallest absolute Gasteiger partial charge is 0.410 e. The van der Waals surface area contributed by atoms with Crippen LogP contribution in [0.1, 0.15) is 72.6 Å². The summed E-state index contributed by atoms with van der Waals surface area (Å²) in [5.74, 6) is 0.909. The zero-order valence-corrected chi connectivity index (χ0v) is 14.6. The topological polar surface area (TPSA) is 41.6 Å². The zero-order valence-electron chi connectivity index (χ0n) is 14.6. The second-order valence-corrected chi connectivity index (χ2v) is 8.46. The fourth-order valence-corrected chi connectivity index (χ4v) is 4.31.